The zero-order valence-electron chi connectivity index (χ0n) is 25.0. The van der Waals surface area contributed by atoms with Crippen LogP contribution in [0.15, 0.2) is 41.6 Å². The van der Waals surface area contributed by atoms with Gasteiger partial charge in [0.05, 0.1) is 28.8 Å². The summed E-state index contributed by atoms with van der Waals surface area (Å²) < 4.78 is 24.3. The van der Waals surface area contributed by atoms with Gasteiger partial charge in [0.1, 0.15) is 7.11 Å². The number of hydrogen-bond acceptors (Lipinski definition) is 7. The Labute approximate surface area is 283 Å². The first kappa shape index (κ1) is 35.7. The molecule has 2 aliphatic rings. The highest BCUT2D eigenvalue weighted by Gasteiger charge is 2.35. The van der Waals surface area contributed by atoms with Crippen LogP contribution in [-0.4, -0.2) is 111 Å². The molecule has 246 valence electrons. The SMILES string of the molecule is CO/N=C(\CN(C)C(=O)c1cc(Cl)cc(Cl)c1)C(CCN1CCC(N2CCN(S(N)(=O)=O)CC2=O)CC1)c1ccc(Cl)c(Cl)c1. The lowest BCUT2D eigenvalue weighted by atomic mass is 9.89. The Bertz CT molecular complexity index is 1520. The number of carbonyl (C=O) groups excluding carboxylic acids is 2. The summed E-state index contributed by atoms with van der Waals surface area (Å²) in [7, 11) is -0.768. The lowest BCUT2D eigenvalue weighted by molar-refractivity contribution is -0.137. The normalized spacial score (nSPS) is 18.2. The van der Waals surface area contributed by atoms with E-state index in [-0.39, 0.29) is 43.4 Å². The number of piperazine rings is 1. The van der Waals surface area contributed by atoms with E-state index in [2.05, 4.69) is 10.1 Å². The lowest BCUT2D eigenvalue weighted by Gasteiger charge is -2.42. The summed E-state index contributed by atoms with van der Waals surface area (Å²) in [6.07, 6.45) is 2.16. The van der Waals surface area contributed by atoms with Gasteiger partial charge < -0.3 is 19.5 Å². The number of hydrogen-bond donors (Lipinski definition) is 1. The Balaban J connectivity index is 1.45. The molecule has 0 aromatic heterocycles. The highest BCUT2D eigenvalue weighted by molar-refractivity contribution is 7.86. The summed E-state index contributed by atoms with van der Waals surface area (Å²) in [6.45, 7) is 2.67. The zero-order chi connectivity index (χ0) is 32.9. The van der Waals surface area contributed by atoms with Gasteiger partial charge in [0.25, 0.3) is 16.1 Å². The molecule has 2 heterocycles. The molecule has 2 aromatic carbocycles. The zero-order valence-corrected chi connectivity index (χ0v) is 28.8. The van der Waals surface area contributed by atoms with E-state index in [1.54, 1.807) is 42.3 Å². The number of benzene rings is 2. The van der Waals surface area contributed by atoms with Crippen molar-refractivity contribution < 1.29 is 22.8 Å². The number of halogens is 4. The van der Waals surface area contributed by atoms with Crippen molar-refractivity contribution in [2.24, 2.45) is 10.3 Å². The summed E-state index contributed by atoms with van der Waals surface area (Å²) in [4.78, 5) is 36.9. The summed E-state index contributed by atoms with van der Waals surface area (Å²) in [5, 5.41) is 11.1. The summed E-state index contributed by atoms with van der Waals surface area (Å²) in [5.41, 5.74) is 1.85. The topological polar surface area (TPSA) is 129 Å². The second-order valence-corrected chi connectivity index (χ2v) is 14.4. The number of amides is 2. The van der Waals surface area contributed by atoms with E-state index in [0.717, 1.165) is 35.8 Å². The van der Waals surface area contributed by atoms with Crippen molar-refractivity contribution in [3.63, 3.8) is 0 Å². The smallest absolute Gasteiger partial charge is 0.277 e. The maximum atomic E-state index is 13.3. The van der Waals surface area contributed by atoms with Crippen LogP contribution in [0, 0.1) is 0 Å². The van der Waals surface area contributed by atoms with E-state index < -0.39 is 10.2 Å². The minimum absolute atomic E-state index is 0.0347. The molecule has 0 saturated carbocycles. The molecular weight excluding hydrogens is 686 g/mol. The summed E-state index contributed by atoms with van der Waals surface area (Å²) in [6, 6.07) is 10.1. The Kier molecular flexibility index (Phi) is 12.4. The average molecular weight is 723 g/mol. The third kappa shape index (κ3) is 9.45. The molecule has 45 heavy (non-hydrogen) atoms. The summed E-state index contributed by atoms with van der Waals surface area (Å²) in [5.74, 6) is -0.770. The number of piperidine rings is 1. The third-order valence-electron chi connectivity index (χ3n) is 8.13. The number of likely N-dealkylation sites (tertiary alicyclic amines) is 1. The van der Waals surface area contributed by atoms with Crippen molar-refractivity contribution >= 4 is 74.1 Å². The first-order chi connectivity index (χ1) is 21.3. The first-order valence-electron chi connectivity index (χ1n) is 14.3. The second kappa shape index (κ2) is 15.6. The Morgan fingerprint density at radius 1 is 1.04 bits per heavy atom. The Morgan fingerprint density at radius 3 is 2.29 bits per heavy atom. The molecule has 0 radical (unpaired) electrons. The van der Waals surface area contributed by atoms with E-state index in [1.165, 1.54) is 12.0 Å². The van der Waals surface area contributed by atoms with Gasteiger partial charge in [-0.1, -0.05) is 57.6 Å². The van der Waals surface area contributed by atoms with Crippen LogP contribution < -0.4 is 5.14 Å². The van der Waals surface area contributed by atoms with Crippen LogP contribution in [-0.2, 0) is 19.8 Å². The van der Waals surface area contributed by atoms with Crippen LogP contribution in [0.5, 0.6) is 0 Å². The minimum atomic E-state index is -3.90. The highest BCUT2D eigenvalue weighted by Crippen LogP contribution is 2.31. The molecule has 2 saturated heterocycles. The third-order valence-corrected chi connectivity index (χ3v) is 10.3. The molecule has 2 N–H and O–H groups in total. The van der Waals surface area contributed by atoms with E-state index in [9.17, 15) is 18.0 Å². The van der Waals surface area contributed by atoms with Crippen LogP contribution in [0.1, 0.15) is 41.1 Å². The second-order valence-electron chi connectivity index (χ2n) is 11.1. The number of carbonyl (C=O) groups is 2. The van der Waals surface area contributed by atoms with Gasteiger partial charge in [-0.05, 0) is 61.7 Å². The molecule has 1 unspecified atom stereocenters. The lowest BCUT2D eigenvalue weighted by Crippen LogP contribution is -2.58. The number of nitrogens with two attached hydrogens (primary N) is 1. The van der Waals surface area contributed by atoms with Crippen molar-refractivity contribution in [3.8, 4) is 0 Å². The van der Waals surface area contributed by atoms with E-state index >= 15 is 0 Å². The molecule has 2 aliphatic heterocycles. The van der Waals surface area contributed by atoms with Crippen LogP contribution in [0.4, 0.5) is 0 Å². The molecule has 2 fully saturated rings. The molecule has 0 bridgehead atoms. The molecule has 16 heteroatoms. The van der Waals surface area contributed by atoms with Crippen LogP contribution in [0.3, 0.4) is 0 Å². The Hall–Kier alpha value is -2.16. The van der Waals surface area contributed by atoms with Crippen LogP contribution >= 0.6 is 46.4 Å². The average Bonchev–Trinajstić information content (AvgIpc) is 2.98. The quantitative estimate of drug-likeness (QED) is 0.271. The Morgan fingerprint density at radius 2 is 1.71 bits per heavy atom. The monoisotopic (exact) mass is 720 g/mol. The van der Waals surface area contributed by atoms with Gasteiger partial charge in [0.15, 0.2) is 0 Å². The molecule has 0 spiro atoms. The molecule has 4 rings (SSSR count). The van der Waals surface area contributed by atoms with Crippen molar-refractivity contribution in [1.82, 2.24) is 19.0 Å². The van der Waals surface area contributed by atoms with Crippen molar-refractivity contribution in [3.05, 3.63) is 67.6 Å². The predicted octanol–water partition coefficient (Wildman–Crippen LogP) is 4.36. The molecular formula is C29H36Cl4N6O5S. The number of oxime groups is 1. The highest BCUT2D eigenvalue weighted by atomic mass is 35.5. The van der Waals surface area contributed by atoms with Gasteiger partial charge in [-0.15, -0.1) is 0 Å². The van der Waals surface area contributed by atoms with Gasteiger partial charge in [-0.2, -0.15) is 12.7 Å². The van der Waals surface area contributed by atoms with E-state index in [1.807, 2.05) is 6.07 Å². The molecule has 11 nitrogen and oxygen atoms in total. The first-order valence-corrected chi connectivity index (χ1v) is 17.3. The fraction of sp³-hybridized carbons (Fsp3) is 0.483. The van der Waals surface area contributed by atoms with Crippen molar-refractivity contribution in [2.45, 2.75) is 31.2 Å². The van der Waals surface area contributed by atoms with Crippen LogP contribution in [0.25, 0.3) is 0 Å². The fourth-order valence-corrected chi connectivity index (χ4v) is 7.28. The molecule has 2 aromatic rings. The molecule has 2 amide bonds. The van der Waals surface area contributed by atoms with Gasteiger partial charge in [-0.3, -0.25) is 9.59 Å². The van der Waals surface area contributed by atoms with Gasteiger partial charge >= 0.3 is 0 Å². The van der Waals surface area contributed by atoms with Gasteiger partial charge in [-0.25, -0.2) is 5.14 Å². The van der Waals surface area contributed by atoms with Crippen molar-refractivity contribution in [1.29, 1.82) is 0 Å². The largest absolute Gasteiger partial charge is 0.399 e. The van der Waals surface area contributed by atoms with E-state index in [0.29, 0.717) is 50.9 Å². The number of rotatable bonds is 11. The number of nitrogens with zero attached hydrogens (tertiary/aromatic N) is 5. The minimum Gasteiger partial charge on any atom is -0.399 e. The maximum Gasteiger partial charge on any atom is 0.277 e. The van der Waals surface area contributed by atoms with Crippen LogP contribution in [0.2, 0.25) is 20.1 Å². The fourth-order valence-electron chi connectivity index (χ4n) is 5.82. The van der Waals surface area contributed by atoms with Crippen molar-refractivity contribution in [2.75, 3.05) is 60.0 Å². The maximum absolute atomic E-state index is 13.3. The standard InChI is InChI=1S/C29H36Cl4N6O5S/c1-36(29(41)20-13-21(30)16-22(31)14-20)17-27(35-44-2)24(19-3-4-25(32)26(33)15-19)7-10-37-8-5-23(6-9-37)39-12-11-38(18-28(39)40)45(34,42)43/h3-4,13-16,23-24H,5-12,17-18H2,1-2H3,(H2,34,42,43)/b35-27+. The van der Waals surface area contributed by atoms with Gasteiger partial charge in [0.2, 0.25) is 5.91 Å². The predicted molar refractivity (Wildman–Crippen MR) is 178 cm³/mol. The molecule has 1 atom stereocenters. The van der Waals surface area contributed by atoms with E-state index in [4.69, 9.17) is 56.4 Å². The van der Waals surface area contributed by atoms with Gasteiger partial charge in [0, 0.05) is 60.8 Å². The molecule has 0 aliphatic carbocycles. The summed E-state index contributed by atoms with van der Waals surface area (Å²) >= 11 is 24.9.